The molecule has 0 bridgehead atoms. The minimum atomic E-state index is -0.222. The van der Waals surface area contributed by atoms with Crippen molar-refractivity contribution >= 4 is 34.8 Å². The van der Waals surface area contributed by atoms with Crippen LogP contribution >= 0.6 is 12.9 Å². The molecule has 1 aromatic carbocycles. The van der Waals surface area contributed by atoms with Gasteiger partial charge in [-0.05, 0) is 5.56 Å². The molecule has 66 valence electrons. The van der Waals surface area contributed by atoms with Crippen LogP contribution in [0.4, 0.5) is 0 Å². The highest BCUT2D eigenvalue weighted by atomic mass is 79.9. The van der Waals surface area contributed by atoms with Crippen molar-refractivity contribution < 1.29 is 4.74 Å². The van der Waals surface area contributed by atoms with Crippen molar-refractivity contribution in [3.8, 4) is 0 Å². The molecule has 0 heterocycles. The minimum Gasteiger partial charge on any atom is -0.373 e. The molecular weight excluding hydrogens is 240 g/mol. The Kier molecular flexibility index (Phi) is 5.70. The normalized spacial score (nSPS) is 9.31. The van der Waals surface area contributed by atoms with E-state index >= 15 is 0 Å². The van der Waals surface area contributed by atoms with Gasteiger partial charge in [-0.25, -0.2) is 0 Å². The quantitative estimate of drug-likeness (QED) is 0.442. The van der Waals surface area contributed by atoms with Crippen LogP contribution < -0.4 is 3.69 Å². The van der Waals surface area contributed by atoms with Crippen LogP contribution in [0.1, 0.15) is 5.56 Å². The van der Waals surface area contributed by atoms with Crippen LogP contribution in [0.25, 0.3) is 0 Å². The highest BCUT2D eigenvalue weighted by Gasteiger charge is 1.96. The molecule has 0 saturated heterocycles. The zero-order chi connectivity index (χ0) is 9.52. The molecule has 1 nitrogen and oxygen atoms in total. The summed E-state index contributed by atoms with van der Waals surface area (Å²) in [4.78, 5) is 0. The molecule has 0 aliphatic rings. The van der Waals surface area contributed by atoms with E-state index in [0.29, 0.717) is 13.2 Å². The smallest absolute Gasteiger partial charge is 0.373 e. The Hall–Kier alpha value is 0.166. The predicted molar refractivity (Wildman–Crippen MR) is 60.6 cm³/mol. The number of hydrogen-bond acceptors (Lipinski definition) is 1. The zero-order valence-corrected chi connectivity index (χ0v) is 10.5. The Morgan fingerprint density at radius 1 is 1.54 bits per heavy atom. The van der Waals surface area contributed by atoms with Crippen molar-refractivity contribution in [1.82, 2.24) is 0 Å². The van der Waals surface area contributed by atoms with E-state index in [1.54, 1.807) is 6.08 Å². The summed E-state index contributed by atoms with van der Waals surface area (Å²) in [5.41, 5.74) is 1.24. The Balaban J connectivity index is 2.50. The molecule has 0 N–H and O–H groups in total. The fourth-order valence-corrected chi connectivity index (χ4v) is 2.67. The number of ether oxygens (including phenoxy) is 1. The number of rotatable bonds is 5. The fourth-order valence-electron chi connectivity index (χ4n) is 1.06. The van der Waals surface area contributed by atoms with Crippen LogP contribution in [0.3, 0.4) is 0 Å². The molecule has 0 saturated carbocycles. The summed E-state index contributed by atoms with van der Waals surface area (Å²) in [6.45, 7) is 4.90. The Morgan fingerprint density at radius 3 is 3.08 bits per heavy atom. The van der Waals surface area contributed by atoms with Crippen molar-refractivity contribution in [3.05, 3.63) is 42.5 Å². The van der Waals surface area contributed by atoms with Crippen molar-refractivity contribution in [2.75, 3.05) is 6.61 Å². The summed E-state index contributed by atoms with van der Waals surface area (Å²) in [5.74, 6) is 0. The van der Waals surface area contributed by atoms with E-state index in [2.05, 4.69) is 43.7 Å². The van der Waals surface area contributed by atoms with Gasteiger partial charge in [0, 0.05) is 0 Å². The maximum Gasteiger partial charge on any atom is 0.506 e. The molecule has 0 atom stereocenters. The summed E-state index contributed by atoms with van der Waals surface area (Å²) in [7, 11) is 0. The highest BCUT2D eigenvalue weighted by Crippen LogP contribution is 1.99. The van der Waals surface area contributed by atoms with Crippen LogP contribution in [0, 0.1) is 0 Å². The van der Waals surface area contributed by atoms with E-state index in [1.807, 2.05) is 0 Å². The van der Waals surface area contributed by atoms with Crippen molar-refractivity contribution in [3.63, 3.8) is 0 Å². The molecule has 0 spiro atoms. The van der Waals surface area contributed by atoms with Gasteiger partial charge < -0.3 is 4.74 Å². The van der Waals surface area contributed by atoms with Crippen molar-refractivity contribution in [1.29, 1.82) is 0 Å². The number of hydrogen-bond donors (Lipinski definition) is 0. The molecule has 0 unspecified atom stereocenters. The molecule has 0 aliphatic carbocycles. The van der Waals surface area contributed by atoms with Gasteiger partial charge in [0.15, 0.2) is 0 Å². The van der Waals surface area contributed by atoms with E-state index < -0.39 is 0 Å². The maximum absolute atomic E-state index is 5.35. The summed E-state index contributed by atoms with van der Waals surface area (Å²) in [6, 6.07) is 8.52. The Bertz CT molecular complexity index is 275. The first-order valence-corrected chi connectivity index (χ1v) is 8.80. The summed E-state index contributed by atoms with van der Waals surface area (Å²) in [6.07, 6.45) is 1.77. The lowest BCUT2D eigenvalue weighted by atomic mass is 10.2. The van der Waals surface area contributed by atoms with Gasteiger partial charge in [0.25, 0.3) is 0 Å². The molecule has 0 aromatic heterocycles. The monoisotopic (exact) mass is 250 g/mol. The molecule has 1 rings (SSSR count). The lowest BCUT2D eigenvalue weighted by molar-refractivity contribution is 0.149. The van der Waals surface area contributed by atoms with Gasteiger partial charge in [0.2, 0.25) is 0 Å². The summed E-state index contributed by atoms with van der Waals surface area (Å²) in [5, 5.41) is 0. The molecule has 3 heteroatoms. The molecule has 0 radical (unpaired) electrons. The van der Waals surface area contributed by atoms with E-state index in [-0.39, 0.29) is 18.2 Å². The standard InChI is InChI=1S/C10H11O.BrH.Mg/c1-2-8-11-9-10-6-4-3-5-7-10;;/h2-4,6-7H,1,8-9H2;1H;/q;;+1/p-1. The lowest BCUT2D eigenvalue weighted by Gasteiger charge is -2.03. The van der Waals surface area contributed by atoms with Gasteiger partial charge in [-0.1, -0.05) is 30.3 Å². The molecule has 0 amide bonds. The largest absolute Gasteiger partial charge is 0.506 e. The second kappa shape index (κ2) is 6.59. The van der Waals surface area contributed by atoms with E-state index in [9.17, 15) is 0 Å². The summed E-state index contributed by atoms with van der Waals surface area (Å²) < 4.78 is 6.77. The highest BCUT2D eigenvalue weighted by molar-refractivity contribution is 9.23. The zero-order valence-electron chi connectivity index (χ0n) is 7.50. The molecule has 1 aromatic rings. The topological polar surface area (TPSA) is 9.23 Å². The van der Waals surface area contributed by atoms with Gasteiger partial charge in [0.05, 0.1) is 13.2 Å². The van der Waals surface area contributed by atoms with Gasteiger partial charge >= 0.3 is 18.2 Å². The van der Waals surface area contributed by atoms with Crippen LogP contribution in [-0.2, 0) is 11.3 Å². The second-order valence-electron chi connectivity index (χ2n) is 2.76. The first kappa shape index (κ1) is 11.2. The molecule has 0 aliphatic heterocycles. The third kappa shape index (κ3) is 4.27. The SMILES string of the molecule is C=CCOCc1ccc[c]([Mg][Br])c1. The van der Waals surface area contributed by atoms with Crippen LogP contribution in [0.5, 0.6) is 0 Å². The predicted octanol–water partition coefficient (Wildman–Crippen LogP) is 2.03. The van der Waals surface area contributed by atoms with E-state index in [0.717, 1.165) is 0 Å². The molecule has 13 heavy (non-hydrogen) atoms. The van der Waals surface area contributed by atoms with Crippen molar-refractivity contribution in [2.45, 2.75) is 6.61 Å². The summed E-state index contributed by atoms with van der Waals surface area (Å²) >= 11 is 3.33. The number of benzene rings is 1. The van der Waals surface area contributed by atoms with Gasteiger partial charge in [-0.3, -0.25) is 12.9 Å². The van der Waals surface area contributed by atoms with E-state index in [4.69, 9.17) is 4.74 Å². The number of halogens is 1. The van der Waals surface area contributed by atoms with Crippen LogP contribution in [-0.4, -0.2) is 24.8 Å². The third-order valence-corrected chi connectivity index (χ3v) is 4.34. The average molecular weight is 251 g/mol. The second-order valence-corrected chi connectivity index (χ2v) is 5.52. The first-order chi connectivity index (χ1) is 6.36. The van der Waals surface area contributed by atoms with Gasteiger partial charge in [-0.15, -0.1) is 6.58 Å². The third-order valence-electron chi connectivity index (χ3n) is 1.65. The van der Waals surface area contributed by atoms with Crippen LogP contribution in [0.2, 0.25) is 0 Å². The maximum atomic E-state index is 5.35. The van der Waals surface area contributed by atoms with E-state index in [1.165, 1.54) is 9.26 Å². The first-order valence-electron chi connectivity index (χ1n) is 4.19. The molecular formula is C10H11BrMgO. The Labute approximate surface area is 94.8 Å². The average Bonchev–Trinajstić information content (AvgIpc) is 2.19. The van der Waals surface area contributed by atoms with Gasteiger partial charge in [0.1, 0.15) is 0 Å². The van der Waals surface area contributed by atoms with Crippen LogP contribution in [0.15, 0.2) is 36.9 Å². The molecule has 0 fully saturated rings. The minimum absolute atomic E-state index is 0.222. The van der Waals surface area contributed by atoms with Crippen molar-refractivity contribution in [2.24, 2.45) is 0 Å². The lowest BCUT2D eigenvalue weighted by Crippen LogP contribution is -2.08. The fraction of sp³-hybridized carbons (Fsp3) is 0.200. The van der Waals surface area contributed by atoms with Gasteiger partial charge in [-0.2, -0.15) is 3.69 Å². The Morgan fingerprint density at radius 2 is 2.38 bits per heavy atom.